The molecule has 1 aromatic heterocycles. The molecule has 1 aliphatic rings. The summed E-state index contributed by atoms with van der Waals surface area (Å²) in [6.07, 6.45) is 5.28. The molecule has 1 amide bonds. The predicted molar refractivity (Wildman–Crippen MR) is 84.7 cm³/mol. The maximum Gasteiger partial charge on any atom is 0.254 e. The van der Waals surface area contributed by atoms with Gasteiger partial charge in [0.25, 0.3) is 5.56 Å². The largest absolute Gasteiger partial charge is 0.342 e. The first-order chi connectivity index (χ1) is 10.1. The van der Waals surface area contributed by atoms with Crippen molar-refractivity contribution in [1.82, 2.24) is 14.9 Å². The van der Waals surface area contributed by atoms with Crippen molar-refractivity contribution in [3.63, 3.8) is 0 Å². The normalized spacial score (nSPS) is 15.8. The Morgan fingerprint density at radius 2 is 1.95 bits per heavy atom. The highest BCUT2D eigenvalue weighted by Crippen LogP contribution is 2.16. The van der Waals surface area contributed by atoms with Gasteiger partial charge >= 0.3 is 0 Å². The number of amides is 1. The van der Waals surface area contributed by atoms with Crippen LogP contribution in [-0.2, 0) is 11.2 Å². The fraction of sp³-hybridized carbons (Fsp3) is 0.667. The number of hydrogen-bond donors (Lipinski definition) is 1. The van der Waals surface area contributed by atoms with Crippen LogP contribution in [0.1, 0.15) is 43.9 Å². The van der Waals surface area contributed by atoms with Gasteiger partial charge in [0.1, 0.15) is 0 Å². The van der Waals surface area contributed by atoms with E-state index in [4.69, 9.17) is 0 Å². The number of aryl methyl sites for hydroxylation is 1. The quantitative estimate of drug-likeness (QED) is 0.683. The summed E-state index contributed by atoms with van der Waals surface area (Å²) in [5.41, 5.74) is 1.39. The molecule has 5 nitrogen and oxygen atoms in total. The third kappa shape index (κ3) is 4.33. The molecule has 1 fully saturated rings. The van der Waals surface area contributed by atoms with Crippen molar-refractivity contribution in [3.05, 3.63) is 21.6 Å². The van der Waals surface area contributed by atoms with Gasteiger partial charge < -0.3 is 9.88 Å². The molecule has 21 heavy (non-hydrogen) atoms. The van der Waals surface area contributed by atoms with E-state index < -0.39 is 0 Å². The highest BCUT2D eigenvalue weighted by Gasteiger charge is 2.16. The van der Waals surface area contributed by atoms with Crippen LogP contribution in [0.4, 0.5) is 0 Å². The van der Waals surface area contributed by atoms with Crippen LogP contribution >= 0.6 is 11.8 Å². The van der Waals surface area contributed by atoms with E-state index in [1.807, 2.05) is 18.7 Å². The van der Waals surface area contributed by atoms with Crippen LogP contribution in [0.25, 0.3) is 0 Å². The highest BCUT2D eigenvalue weighted by molar-refractivity contribution is 7.99. The predicted octanol–water partition coefficient (Wildman–Crippen LogP) is 2.14. The second kappa shape index (κ2) is 7.64. The van der Waals surface area contributed by atoms with E-state index in [1.54, 1.807) is 0 Å². The van der Waals surface area contributed by atoms with Crippen molar-refractivity contribution in [2.24, 2.45) is 0 Å². The number of carbonyl (C=O) groups excluding carboxylic acids is 1. The van der Waals surface area contributed by atoms with E-state index >= 15 is 0 Å². The zero-order chi connectivity index (χ0) is 15.2. The minimum atomic E-state index is -0.0882. The molecule has 116 valence electrons. The van der Waals surface area contributed by atoms with Crippen molar-refractivity contribution in [2.75, 3.05) is 18.8 Å². The van der Waals surface area contributed by atoms with Gasteiger partial charge in [-0.15, -0.1) is 0 Å². The topological polar surface area (TPSA) is 66.1 Å². The summed E-state index contributed by atoms with van der Waals surface area (Å²) in [5, 5.41) is 0.540. The fourth-order valence-electron chi connectivity index (χ4n) is 2.61. The standard InChI is InChI=1S/C15H23N3O2S/c1-3-12-11(2)16-15(17-14(12)20)21-10-13(19)18-8-6-4-5-7-9-18/h3-10H2,1-2H3,(H,16,17,20). The van der Waals surface area contributed by atoms with Crippen molar-refractivity contribution in [1.29, 1.82) is 0 Å². The number of nitrogens with zero attached hydrogens (tertiary/aromatic N) is 2. The van der Waals surface area contributed by atoms with Crippen molar-refractivity contribution in [2.45, 2.75) is 51.1 Å². The lowest BCUT2D eigenvalue weighted by Gasteiger charge is -2.19. The molecule has 1 aromatic rings. The Bertz CT molecular complexity index is 548. The Morgan fingerprint density at radius 3 is 2.52 bits per heavy atom. The van der Waals surface area contributed by atoms with Gasteiger partial charge in [0.05, 0.1) is 5.75 Å². The maximum atomic E-state index is 12.2. The van der Waals surface area contributed by atoms with Gasteiger partial charge in [0.2, 0.25) is 5.91 Å². The molecular formula is C15H23N3O2S. The molecule has 0 radical (unpaired) electrons. The number of carbonyl (C=O) groups is 1. The zero-order valence-electron chi connectivity index (χ0n) is 12.8. The van der Waals surface area contributed by atoms with E-state index in [1.165, 1.54) is 24.6 Å². The number of nitrogens with one attached hydrogen (secondary N) is 1. The summed E-state index contributed by atoms with van der Waals surface area (Å²) < 4.78 is 0. The van der Waals surface area contributed by atoms with Crippen LogP contribution in [0.3, 0.4) is 0 Å². The number of aromatic amines is 1. The number of rotatable bonds is 4. The lowest BCUT2D eigenvalue weighted by molar-refractivity contribution is -0.128. The summed E-state index contributed by atoms with van der Waals surface area (Å²) in [7, 11) is 0. The zero-order valence-corrected chi connectivity index (χ0v) is 13.6. The van der Waals surface area contributed by atoms with Gasteiger partial charge in [-0.3, -0.25) is 9.59 Å². The SMILES string of the molecule is CCc1c(C)nc(SCC(=O)N2CCCCCC2)[nH]c1=O. The summed E-state index contributed by atoms with van der Waals surface area (Å²) in [4.78, 5) is 33.2. The molecule has 6 heteroatoms. The van der Waals surface area contributed by atoms with Crippen LogP contribution in [0.5, 0.6) is 0 Å². The smallest absolute Gasteiger partial charge is 0.254 e. The Hall–Kier alpha value is -1.30. The van der Waals surface area contributed by atoms with Crippen LogP contribution in [0, 0.1) is 6.92 Å². The molecule has 0 aromatic carbocycles. The van der Waals surface area contributed by atoms with Crippen LogP contribution < -0.4 is 5.56 Å². The molecule has 0 unspecified atom stereocenters. The third-order valence-corrected chi connectivity index (χ3v) is 4.70. The van der Waals surface area contributed by atoms with E-state index in [-0.39, 0.29) is 11.5 Å². The number of thioether (sulfide) groups is 1. The first kappa shape index (κ1) is 16.1. The first-order valence-corrected chi connectivity index (χ1v) is 8.60. The molecule has 2 rings (SSSR count). The molecule has 1 saturated heterocycles. The van der Waals surface area contributed by atoms with Gasteiger partial charge in [0.15, 0.2) is 5.16 Å². The van der Waals surface area contributed by atoms with Crippen LogP contribution in [0.2, 0.25) is 0 Å². The van der Waals surface area contributed by atoms with Crippen LogP contribution in [0.15, 0.2) is 9.95 Å². The second-order valence-electron chi connectivity index (χ2n) is 5.37. The van der Waals surface area contributed by atoms with Crippen molar-refractivity contribution >= 4 is 17.7 Å². The molecule has 0 aliphatic carbocycles. The maximum absolute atomic E-state index is 12.2. The Labute approximate surface area is 129 Å². The van der Waals surface area contributed by atoms with Gasteiger partial charge in [-0.25, -0.2) is 4.98 Å². The lowest BCUT2D eigenvalue weighted by Crippen LogP contribution is -2.33. The molecule has 0 saturated carbocycles. The number of aromatic nitrogens is 2. The average Bonchev–Trinajstić information content (AvgIpc) is 2.73. The fourth-order valence-corrected chi connectivity index (χ4v) is 3.42. The molecule has 1 N–H and O–H groups in total. The van der Waals surface area contributed by atoms with Gasteiger partial charge in [-0.2, -0.15) is 0 Å². The third-order valence-electron chi connectivity index (χ3n) is 3.85. The Balaban J connectivity index is 1.96. The number of likely N-dealkylation sites (tertiary alicyclic amines) is 1. The molecule has 1 aliphatic heterocycles. The number of hydrogen-bond acceptors (Lipinski definition) is 4. The molecular weight excluding hydrogens is 286 g/mol. The summed E-state index contributed by atoms with van der Waals surface area (Å²) >= 11 is 1.32. The average molecular weight is 309 g/mol. The molecule has 0 atom stereocenters. The molecule has 0 spiro atoms. The summed E-state index contributed by atoms with van der Waals surface area (Å²) in [6, 6.07) is 0. The monoisotopic (exact) mass is 309 g/mol. The van der Waals surface area contributed by atoms with E-state index in [9.17, 15) is 9.59 Å². The van der Waals surface area contributed by atoms with Crippen LogP contribution in [-0.4, -0.2) is 39.6 Å². The Kier molecular flexibility index (Phi) is 5.85. The van der Waals surface area contributed by atoms with E-state index in [0.717, 1.165) is 37.2 Å². The summed E-state index contributed by atoms with van der Waals surface area (Å²) in [6.45, 7) is 5.50. The molecule has 2 heterocycles. The van der Waals surface area contributed by atoms with E-state index in [0.29, 0.717) is 17.3 Å². The van der Waals surface area contributed by atoms with E-state index in [2.05, 4.69) is 9.97 Å². The molecule has 0 bridgehead atoms. The lowest BCUT2D eigenvalue weighted by atomic mass is 10.2. The minimum Gasteiger partial charge on any atom is -0.342 e. The van der Waals surface area contributed by atoms with Gasteiger partial charge in [0, 0.05) is 24.3 Å². The van der Waals surface area contributed by atoms with Gasteiger partial charge in [-0.1, -0.05) is 31.5 Å². The highest BCUT2D eigenvalue weighted by atomic mass is 32.2. The Morgan fingerprint density at radius 1 is 1.29 bits per heavy atom. The number of H-pyrrole nitrogens is 1. The van der Waals surface area contributed by atoms with Crippen molar-refractivity contribution in [3.8, 4) is 0 Å². The second-order valence-corrected chi connectivity index (χ2v) is 6.34. The first-order valence-electron chi connectivity index (χ1n) is 7.62. The summed E-state index contributed by atoms with van der Waals surface area (Å²) in [5.74, 6) is 0.482. The van der Waals surface area contributed by atoms with Gasteiger partial charge in [-0.05, 0) is 26.2 Å². The van der Waals surface area contributed by atoms with Crippen molar-refractivity contribution < 1.29 is 4.79 Å². The minimum absolute atomic E-state index is 0.0882.